The Morgan fingerprint density at radius 3 is 2.80 bits per heavy atom. The first-order chi connectivity index (χ1) is 9.54. The molecule has 0 atom stereocenters. The van der Waals surface area contributed by atoms with Crippen molar-refractivity contribution >= 4 is 29.3 Å². The molecule has 5 heteroatoms. The van der Waals surface area contributed by atoms with Crippen LogP contribution < -0.4 is 4.90 Å². The Morgan fingerprint density at radius 1 is 1.30 bits per heavy atom. The van der Waals surface area contributed by atoms with Crippen molar-refractivity contribution in [3.05, 3.63) is 46.6 Å². The molecule has 0 amide bonds. The molecule has 0 spiro atoms. The van der Waals surface area contributed by atoms with Crippen molar-refractivity contribution < 1.29 is 9.53 Å². The molecule has 1 aromatic carbocycles. The summed E-state index contributed by atoms with van der Waals surface area (Å²) in [6, 6.07) is 6.37. The van der Waals surface area contributed by atoms with Gasteiger partial charge in [0.2, 0.25) is 0 Å². The van der Waals surface area contributed by atoms with Gasteiger partial charge in [-0.05, 0) is 36.8 Å². The molecule has 20 heavy (non-hydrogen) atoms. The first kappa shape index (κ1) is 13.0. The highest BCUT2D eigenvalue weighted by molar-refractivity contribution is 8.03. The third kappa shape index (κ3) is 2.25. The molecule has 0 N–H and O–H groups in total. The molecular formula is C15H14N2O2S. The number of anilines is 1. The van der Waals surface area contributed by atoms with Crippen molar-refractivity contribution in [2.24, 2.45) is 4.99 Å². The van der Waals surface area contributed by atoms with Crippen molar-refractivity contribution in [3.63, 3.8) is 0 Å². The van der Waals surface area contributed by atoms with Gasteiger partial charge in [0.05, 0.1) is 10.7 Å². The molecule has 0 aliphatic carbocycles. The minimum atomic E-state index is -0.390. The van der Waals surface area contributed by atoms with Crippen LogP contribution in [0.2, 0.25) is 0 Å². The van der Waals surface area contributed by atoms with Gasteiger partial charge in [-0.15, -0.1) is 0 Å². The van der Waals surface area contributed by atoms with Crippen LogP contribution in [0.1, 0.15) is 12.5 Å². The molecule has 3 rings (SSSR count). The third-order valence-corrected chi connectivity index (χ3v) is 4.32. The van der Waals surface area contributed by atoms with E-state index in [0.717, 1.165) is 5.03 Å². The molecule has 0 aromatic heterocycles. The first-order valence-electron chi connectivity index (χ1n) is 6.26. The fourth-order valence-electron chi connectivity index (χ4n) is 2.10. The van der Waals surface area contributed by atoms with Crippen LogP contribution in [0.3, 0.4) is 0 Å². The number of carbonyl (C=O) groups excluding carboxylic acids is 1. The minimum absolute atomic E-state index is 0.344. The van der Waals surface area contributed by atoms with Crippen LogP contribution in [0.15, 0.2) is 51.0 Å². The number of rotatable bonds is 1. The Hall–Kier alpha value is -2.01. The van der Waals surface area contributed by atoms with Crippen LogP contribution in [0.5, 0.6) is 0 Å². The Labute approximate surface area is 121 Å². The lowest BCUT2D eigenvalue weighted by Crippen LogP contribution is -2.09. The molecule has 0 saturated carbocycles. The number of benzene rings is 1. The fraction of sp³-hybridized carbons (Fsp3) is 0.200. The van der Waals surface area contributed by atoms with E-state index in [0.29, 0.717) is 11.6 Å². The molecule has 102 valence electrons. The summed E-state index contributed by atoms with van der Waals surface area (Å²) >= 11 is 1.68. The summed E-state index contributed by atoms with van der Waals surface area (Å²) in [6.45, 7) is 3.75. The zero-order valence-electron chi connectivity index (χ0n) is 11.5. The zero-order chi connectivity index (χ0) is 14.3. The number of nitrogens with zero attached hydrogens (tertiary/aromatic N) is 2. The van der Waals surface area contributed by atoms with E-state index in [1.807, 2.05) is 13.1 Å². The van der Waals surface area contributed by atoms with Crippen LogP contribution >= 0.6 is 11.8 Å². The molecule has 2 aliphatic heterocycles. The van der Waals surface area contributed by atoms with Gasteiger partial charge in [-0.1, -0.05) is 17.8 Å². The maximum absolute atomic E-state index is 11.5. The summed E-state index contributed by atoms with van der Waals surface area (Å²) < 4.78 is 4.89. The summed E-state index contributed by atoms with van der Waals surface area (Å²) in [7, 11) is 2.02. The molecule has 0 saturated heterocycles. The van der Waals surface area contributed by atoms with E-state index in [9.17, 15) is 4.79 Å². The predicted molar refractivity (Wildman–Crippen MR) is 80.8 cm³/mol. The number of hydrogen-bond acceptors (Lipinski definition) is 5. The van der Waals surface area contributed by atoms with E-state index < -0.39 is 5.97 Å². The highest BCUT2D eigenvalue weighted by Gasteiger charge is 2.22. The largest absolute Gasteiger partial charge is 0.407 e. The van der Waals surface area contributed by atoms with Crippen LogP contribution in [0.4, 0.5) is 5.69 Å². The third-order valence-electron chi connectivity index (χ3n) is 3.13. The van der Waals surface area contributed by atoms with Crippen LogP contribution in [0, 0.1) is 6.92 Å². The standard InChI is InChI=1S/C15H14N2O2S/c1-9-4-6-13-12(8-9)17(3)14(20-13)7-5-11-15(18)19-10(2)16-11/h4-8H,1-3H3. The molecule has 2 heterocycles. The van der Waals surface area contributed by atoms with Gasteiger partial charge in [0.25, 0.3) is 0 Å². The molecule has 4 nitrogen and oxygen atoms in total. The van der Waals surface area contributed by atoms with Gasteiger partial charge in [0, 0.05) is 18.9 Å². The van der Waals surface area contributed by atoms with Crippen LogP contribution in [-0.4, -0.2) is 18.9 Å². The van der Waals surface area contributed by atoms with Crippen LogP contribution in [-0.2, 0) is 9.53 Å². The number of fused-ring (bicyclic) bond motifs is 1. The van der Waals surface area contributed by atoms with Crippen molar-refractivity contribution in [2.75, 3.05) is 11.9 Å². The van der Waals surface area contributed by atoms with E-state index in [-0.39, 0.29) is 0 Å². The number of aliphatic imine (C=N–C) groups is 1. The summed E-state index contributed by atoms with van der Waals surface area (Å²) in [5.74, 6) is 0.00403. The maximum Gasteiger partial charge on any atom is 0.363 e. The lowest BCUT2D eigenvalue weighted by atomic mass is 10.2. The summed E-state index contributed by atoms with van der Waals surface area (Å²) in [4.78, 5) is 18.9. The van der Waals surface area contributed by atoms with Gasteiger partial charge in [0.1, 0.15) is 0 Å². The Balaban J connectivity index is 1.89. The summed E-state index contributed by atoms with van der Waals surface area (Å²) in [5, 5.41) is 1.06. The molecule has 1 aromatic rings. The monoisotopic (exact) mass is 286 g/mol. The van der Waals surface area contributed by atoms with Crippen molar-refractivity contribution in [3.8, 4) is 0 Å². The number of cyclic esters (lactones) is 1. The average molecular weight is 286 g/mol. The van der Waals surface area contributed by atoms with Crippen molar-refractivity contribution in [1.82, 2.24) is 0 Å². The maximum atomic E-state index is 11.5. The van der Waals surface area contributed by atoms with Crippen LogP contribution in [0.25, 0.3) is 0 Å². The second kappa shape index (κ2) is 4.83. The molecule has 0 radical (unpaired) electrons. The van der Waals surface area contributed by atoms with Crippen molar-refractivity contribution in [2.45, 2.75) is 18.7 Å². The Kier molecular flexibility index (Phi) is 3.14. The number of aryl methyl sites for hydroxylation is 1. The lowest BCUT2D eigenvalue weighted by molar-refractivity contribution is -0.130. The topological polar surface area (TPSA) is 41.9 Å². The minimum Gasteiger partial charge on any atom is -0.407 e. The number of esters is 1. The molecule has 2 aliphatic rings. The Morgan fingerprint density at radius 2 is 2.10 bits per heavy atom. The van der Waals surface area contributed by atoms with E-state index in [1.165, 1.54) is 16.1 Å². The fourth-order valence-corrected chi connectivity index (χ4v) is 3.13. The van der Waals surface area contributed by atoms with E-state index in [2.05, 4.69) is 35.0 Å². The molecular weight excluding hydrogens is 272 g/mol. The highest BCUT2D eigenvalue weighted by atomic mass is 32.2. The SMILES string of the molecule is CC1=NC(=CC=C2Sc3ccc(C)cc3N2C)C(=O)O1. The quantitative estimate of drug-likeness (QED) is 0.587. The van der Waals surface area contributed by atoms with Gasteiger partial charge in [-0.3, -0.25) is 0 Å². The van der Waals surface area contributed by atoms with Gasteiger partial charge < -0.3 is 9.64 Å². The zero-order valence-corrected chi connectivity index (χ0v) is 12.3. The molecule has 0 unspecified atom stereocenters. The van der Waals surface area contributed by atoms with E-state index >= 15 is 0 Å². The van der Waals surface area contributed by atoms with Gasteiger partial charge in [0.15, 0.2) is 11.6 Å². The van der Waals surface area contributed by atoms with E-state index in [1.54, 1.807) is 24.8 Å². The second-order valence-electron chi connectivity index (χ2n) is 4.71. The molecule has 0 fully saturated rings. The van der Waals surface area contributed by atoms with Crippen molar-refractivity contribution in [1.29, 1.82) is 0 Å². The normalized spacial score (nSPS) is 21.4. The first-order valence-corrected chi connectivity index (χ1v) is 7.08. The number of thioether (sulfide) groups is 1. The summed E-state index contributed by atoms with van der Waals surface area (Å²) in [5.41, 5.74) is 2.76. The van der Waals surface area contributed by atoms with Gasteiger partial charge >= 0.3 is 5.97 Å². The predicted octanol–water partition coefficient (Wildman–Crippen LogP) is 3.24. The molecule has 0 bridgehead atoms. The number of ether oxygens (including phenoxy) is 1. The highest BCUT2D eigenvalue weighted by Crippen LogP contribution is 2.45. The Bertz CT molecular complexity index is 689. The van der Waals surface area contributed by atoms with Gasteiger partial charge in [-0.2, -0.15) is 0 Å². The number of carbonyl (C=O) groups is 1. The summed E-state index contributed by atoms with van der Waals surface area (Å²) in [6.07, 6.45) is 3.61. The smallest absolute Gasteiger partial charge is 0.363 e. The number of allylic oxidation sites excluding steroid dienone is 2. The average Bonchev–Trinajstić information content (AvgIpc) is 2.88. The second-order valence-corrected chi connectivity index (χ2v) is 5.77. The number of hydrogen-bond donors (Lipinski definition) is 0. The van der Waals surface area contributed by atoms with Gasteiger partial charge in [-0.25, -0.2) is 9.79 Å². The lowest BCUT2D eigenvalue weighted by Gasteiger charge is -2.13. The van der Waals surface area contributed by atoms with E-state index in [4.69, 9.17) is 4.74 Å².